The summed E-state index contributed by atoms with van der Waals surface area (Å²) in [6.07, 6.45) is 4.15. The van der Waals surface area contributed by atoms with Gasteiger partial charge in [0.15, 0.2) is 11.4 Å². The van der Waals surface area contributed by atoms with Gasteiger partial charge in [0, 0.05) is 32.5 Å². The van der Waals surface area contributed by atoms with Gasteiger partial charge in [-0.3, -0.25) is 19.0 Å². The molecule has 0 aliphatic rings. The van der Waals surface area contributed by atoms with Crippen LogP contribution in [0, 0.1) is 0 Å². The van der Waals surface area contributed by atoms with Gasteiger partial charge in [0.05, 0.1) is 5.69 Å². The zero-order valence-electron chi connectivity index (χ0n) is 13.0. The van der Waals surface area contributed by atoms with E-state index < -0.39 is 0 Å². The quantitative estimate of drug-likeness (QED) is 0.833. The lowest BCUT2D eigenvalue weighted by Gasteiger charge is -2.04. The lowest BCUT2D eigenvalue weighted by molar-refractivity contribution is 0.0948. The van der Waals surface area contributed by atoms with Crippen molar-refractivity contribution in [3.05, 3.63) is 29.8 Å². The lowest BCUT2D eigenvalue weighted by Crippen LogP contribution is -2.26. The summed E-state index contributed by atoms with van der Waals surface area (Å²) in [6.45, 7) is 5.04. The Bertz CT molecular complexity index is 673. The van der Waals surface area contributed by atoms with Crippen molar-refractivity contribution in [2.24, 2.45) is 7.05 Å². The molecule has 0 bridgehead atoms. The molecule has 0 unspecified atom stereocenters. The molecule has 0 aliphatic heterocycles. The Morgan fingerprint density at radius 3 is 2.59 bits per heavy atom. The van der Waals surface area contributed by atoms with Gasteiger partial charge in [0.1, 0.15) is 0 Å². The van der Waals surface area contributed by atoms with Crippen LogP contribution >= 0.6 is 0 Å². The topological polar surface area (TPSA) is 93.8 Å². The SMILES string of the molecule is CCCNC(=O)c1nn(CC)cc1NC(=O)c1ccn(C)n1. The maximum atomic E-state index is 12.2. The molecule has 0 spiro atoms. The van der Waals surface area contributed by atoms with Crippen LogP contribution in [0.2, 0.25) is 0 Å². The van der Waals surface area contributed by atoms with Gasteiger partial charge >= 0.3 is 0 Å². The third-order valence-corrected chi connectivity index (χ3v) is 3.03. The summed E-state index contributed by atoms with van der Waals surface area (Å²) in [6, 6.07) is 1.61. The Kier molecular flexibility index (Phi) is 4.92. The lowest BCUT2D eigenvalue weighted by atomic mass is 10.3. The number of anilines is 1. The van der Waals surface area contributed by atoms with Gasteiger partial charge in [-0.25, -0.2) is 0 Å². The molecule has 0 atom stereocenters. The smallest absolute Gasteiger partial charge is 0.276 e. The predicted molar refractivity (Wildman–Crippen MR) is 81.7 cm³/mol. The van der Waals surface area contributed by atoms with Gasteiger partial charge in [0.2, 0.25) is 0 Å². The number of hydrogen-bond donors (Lipinski definition) is 2. The highest BCUT2D eigenvalue weighted by Crippen LogP contribution is 2.15. The van der Waals surface area contributed by atoms with Gasteiger partial charge < -0.3 is 10.6 Å². The third kappa shape index (κ3) is 3.51. The molecule has 0 saturated carbocycles. The molecule has 2 aromatic rings. The molecule has 2 aromatic heterocycles. The molecule has 2 rings (SSSR count). The minimum absolute atomic E-state index is 0.208. The minimum atomic E-state index is -0.374. The molecule has 0 aromatic carbocycles. The first-order valence-electron chi connectivity index (χ1n) is 7.21. The third-order valence-electron chi connectivity index (χ3n) is 3.03. The van der Waals surface area contributed by atoms with Gasteiger partial charge in [-0.15, -0.1) is 0 Å². The Hall–Kier alpha value is -2.64. The van der Waals surface area contributed by atoms with Crippen molar-refractivity contribution >= 4 is 17.5 Å². The monoisotopic (exact) mass is 304 g/mol. The summed E-state index contributed by atoms with van der Waals surface area (Å²) >= 11 is 0. The van der Waals surface area contributed by atoms with Crippen molar-refractivity contribution in [3.8, 4) is 0 Å². The molecule has 22 heavy (non-hydrogen) atoms. The largest absolute Gasteiger partial charge is 0.351 e. The van der Waals surface area contributed by atoms with Crippen molar-refractivity contribution in [1.82, 2.24) is 24.9 Å². The van der Waals surface area contributed by atoms with Crippen LogP contribution in [0.15, 0.2) is 18.5 Å². The molecule has 8 heteroatoms. The van der Waals surface area contributed by atoms with Crippen LogP contribution in [0.4, 0.5) is 5.69 Å². The highest BCUT2D eigenvalue weighted by atomic mass is 16.2. The fraction of sp³-hybridized carbons (Fsp3) is 0.429. The number of aryl methyl sites for hydroxylation is 2. The number of amides is 2. The Morgan fingerprint density at radius 2 is 2.00 bits per heavy atom. The van der Waals surface area contributed by atoms with Crippen molar-refractivity contribution in [2.75, 3.05) is 11.9 Å². The number of aromatic nitrogens is 4. The number of carbonyl (C=O) groups is 2. The molecular formula is C14H20N6O2. The molecule has 2 heterocycles. The van der Waals surface area contributed by atoms with Gasteiger partial charge in [-0.2, -0.15) is 10.2 Å². The molecular weight excluding hydrogens is 284 g/mol. The number of hydrogen-bond acceptors (Lipinski definition) is 4. The van der Waals surface area contributed by atoms with Gasteiger partial charge in [-0.1, -0.05) is 6.92 Å². The summed E-state index contributed by atoms with van der Waals surface area (Å²) in [4.78, 5) is 24.3. The summed E-state index contributed by atoms with van der Waals surface area (Å²) in [5.41, 5.74) is 0.873. The van der Waals surface area contributed by atoms with E-state index in [0.717, 1.165) is 6.42 Å². The maximum absolute atomic E-state index is 12.2. The average Bonchev–Trinajstić information content (AvgIpc) is 3.11. The Labute approximate surface area is 128 Å². The van der Waals surface area contributed by atoms with E-state index in [-0.39, 0.29) is 23.2 Å². The van der Waals surface area contributed by atoms with E-state index in [2.05, 4.69) is 20.8 Å². The van der Waals surface area contributed by atoms with Crippen molar-refractivity contribution in [3.63, 3.8) is 0 Å². The van der Waals surface area contributed by atoms with Crippen LogP contribution < -0.4 is 10.6 Å². The van der Waals surface area contributed by atoms with E-state index in [1.165, 1.54) is 0 Å². The van der Waals surface area contributed by atoms with Crippen LogP contribution in [0.3, 0.4) is 0 Å². The molecule has 0 radical (unpaired) electrons. The zero-order chi connectivity index (χ0) is 16.1. The average molecular weight is 304 g/mol. The first kappa shape index (κ1) is 15.7. The molecule has 0 saturated heterocycles. The van der Waals surface area contributed by atoms with E-state index >= 15 is 0 Å². The first-order valence-corrected chi connectivity index (χ1v) is 7.21. The number of carbonyl (C=O) groups excluding carboxylic acids is 2. The Morgan fingerprint density at radius 1 is 1.23 bits per heavy atom. The van der Waals surface area contributed by atoms with Crippen LogP contribution in [0.5, 0.6) is 0 Å². The fourth-order valence-electron chi connectivity index (χ4n) is 1.89. The van der Waals surface area contributed by atoms with Gasteiger partial charge in [0.25, 0.3) is 11.8 Å². The summed E-state index contributed by atoms with van der Waals surface area (Å²) in [5, 5.41) is 13.7. The van der Waals surface area contributed by atoms with Crippen molar-refractivity contribution in [1.29, 1.82) is 0 Å². The first-order chi connectivity index (χ1) is 10.5. The molecule has 8 nitrogen and oxygen atoms in total. The van der Waals surface area contributed by atoms with Crippen molar-refractivity contribution in [2.45, 2.75) is 26.8 Å². The number of rotatable bonds is 6. The van der Waals surface area contributed by atoms with Crippen LogP contribution in [0.25, 0.3) is 0 Å². The molecule has 2 amide bonds. The summed E-state index contributed by atoms with van der Waals surface area (Å²) < 4.78 is 3.15. The molecule has 0 aliphatic carbocycles. The van der Waals surface area contributed by atoms with Crippen LogP contribution in [-0.2, 0) is 13.6 Å². The second-order valence-electron chi connectivity index (χ2n) is 4.83. The molecule has 2 N–H and O–H groups in total. The van der Waals surface area contributed by atoms with E-state index in [0.29, 0.717) is 18.8 Å². The van der Waals surface area contributed by atoms with E-state index in [4.69, 9.17) is 0 Å². The fourth-order valence-corrected chi connectivity index (χ4v) is 1.89. The van der Waals surface area contributed by atoms with Gasteiger partial charge in [-0.05, 0) is 19.4 Å². The standard InChI is InChI=1S/C14H20N6O2/c1-4-7-15-14(22)12-11(9-20(5-2)18-12)16-13(21)10-6-8-19(3)17-10/h6,8-9H,4-5,7H2,1-3H3,(H,15,22)(H,16,21). The van der Waals surface area contributed by atoms with Crippen LogP contribution in [0.1, 0.15) is 41.2 Å². The van der Waals surface area contributed by atoms with E-state index in [1.807, 2.05) is 13.8 Å². The predicted octanol–water partition coefficient (Wildman–Crippen LogP) is 1.03. The number of nitrogens with one attached hydrogen (secondary N) is 2. The zero-order valence-corrected chi connectivity index (χ0v) is 13.0. The minimum Gasteiger partial charge on any atom is -0.351 e. The highest BCUT2D eigenvalue weighted by molar-refractivity contribution is 6.07. The van der Waals surface area contributed by atoms with E-state index in [9.17, 15) is 9.59 Å². The van der Waals surface area contributed by atoms with Crippen LogP contribution in [-0.4, -0.2) is 37.9 Å². The van der Waals surface area contributed by atoms with E-state index in [1.54, 1.807) is 34.9 Å². The Balaban J connectivity index is 2.20. The summed E-state index contributed by atoms with van der Waals surface area (Å²) in [5.74, 6) is -0.675. The highest BCUT2D eigenvalue weighted by Gasteiger charge is 2.19. The summed E-state index contributed by atoms with van der Waals surface area (Å²) in [7, 11) is 1.73. The second kappa shape index (κ2) is 6.88. The molecule has 118 valence electrons. The number of nitrogens with zero attached hydrogens (tertiary/aromatic N) is 4. The second-order valence-corrected chi connectivity index (χ2v) is 4.83. The normalized spacial score (nSPS) is 10.5. The maximum Gasteiger partial charge on any atom is 0.276 e. The molecule has 0 fully saturated rings. The van der Waals surface area contributed by atoms with Crippen molar-refractivity contribution < 1.29 is 9.59 Å².